The minimum Gasteiger partial charge on any atom is -0.438 e. The average Bonchev–Trinajstić information content (AvgIpc) is 3.01. The molecule has 0 atom stereocenters. The molecule has 7 heteroatoms. The standard InChI is InChI=1S/C15H20N4O3/c1-10-4-16-13(8-21-3)19(10)7-12-5-18(6-12)15(20)14-11(2)17-9-22-14/h4,9,12H,5-8H2,1-3H3. The molecule has 0 bridgehead atoms. The molecule has 0 N–H and O–H groups in total. The number of carbonyl (C=O) groups excluding carboxylic acids is 1. The second-order valence-corrected chi connectivity index (χ2v) is 5.70. The number of methoxy groups -OCH3 is 1. The summed E-state index contributed by atoms with van der Waals surface area (Å²) in [7, 11) is 1.66. The van der Waals surface area contributed by atoms with Crippen molar-refractivity contribution in [3.8, 4) is 0 Å². The van der Waals surface area contributed by atoms with E-state index in [9.17, 15) is 4.79 Å². The molecule has 0 aliphatic carbocycles. The van der Waals surface area contributed by atoms with Gasteiger partial charge in [0.15, 0.2) is 6.39 Å². The van der Waals surface area contributed by atoms with E-state index in [4.69, 9.17) is 9.15 Å². The predicted molar refractivity (Wildman–Crippen MR) is 78.3 cm³/mol. The Kier molecular flexibility index (Phi) is 3.98. The molecule has 7 nitrogen and oxygen atoms in total. The lowest BCUT2D eigenvalue weighted by Crippen LogP contribution is -2.51. The SMILES string of the molecule is COCc1ncc(C)n1CC1CN(C(=O)c2ocnc2C)C1. The Labute approximate surface area is 128 Å². The molecule has 1 aliphatic heterocycles. The highest BCUT2D eigenvalue weighted by Gasteiger charge is 2.34. The third-order valence-electron chi connectivity index (χ3n) is 4.04. The fourth-order valence-corrected chi connectivity index (χ4v) is 2.76. The first-order valence-electron chi connectivity index (χ1n) is 7.29. The van der Waals surface area contributed by atoms with E-state index < -0.39 is 0 Å². The van der Waals surface area contributed by atoms with Crippen molar-refractivity contribution < 1.29 is 13.9 Å². The topological polar surface area (TPSA) is 73.4 Å². The summed E-state index contributed by atoms with van der Waals surface area (Å²) < 4.78 is 12.5. The molecular formula is C15H20N4O3. The van der Waals surface area contributed by atoms with Crippen LogP contribution in [0.15, 0.2) is 17.0 Å². The van der Waals surface area contributed by atoms with Crippen molar-refractivity contribution in [1.82, 2.24) is 19.4 Å². The lowest BCUT2D eigenvalue weighted by molar-refractivity contribution is 0.0430. The van der Waals surface area contributed by atoms with E-state index >= 15 is 0 Å². The Hall–Kier alpha value is -2.15. The lowest BCUT2D eigenvalue weighted by Gasteiger charge is -2.39. The molecule has 1 amide bonds. The Bertz CT molecular complexity index is 670. The highest BCUT2D eigenvalue weighted by Crippen LogP contribution is 2.22. The summed E-state index contributed by atoms with van der Waals surface area (Å²) in [6, 6.07) is 0. The molecule has 0 spiro atoms. The van der Waals surface area contributed by atoms with Crippen LogP contribution in [0.4, 0.5) is 0 Å². The van der Waals surface area contributed by atoms with E-state index in [1.54, 1.807) is 18.9 Å². The molecule has 22 heavy (non-hydrogen) atoms. The summed E-state index contributed by atoms with van der Waals surface area (Å²) in [4.78, 5) is 22.4. The molecule has 118 valence electrons. The van der Waals surface area contributed by atoms with Crippen LogP contribution in [-0.4, -0.2) is 45.5 Å². The van der Waals surface area contributed by atoms with Crippen LogP contribution in [0.1, 0.15) is 27.8 Å². The molecule has 0 aromatic carbocycles. The van der Waals surface area contributed by atoms with Gasteiger partial charge in [-0.25, -0.2) is 9.97 Å². The van der Waals surface area contributed by atoms with E-state index in [0.29, 0.717) is 24.0 Å². The van der Waals surface area contributed by atoms with Crippen LogP contribution >= 0.6 is 0 Å². The van der Waals surface area contributed by atoms with Crippen LogP contribution in [0.2, 0.25) is 0 Å². The third-order valence-corrected chi connectivity index (χ3v) is 4.04. The predicted octanol–water partition coefficient (Wildman–Crippen LogP) is 1.41. The minimum absolute atomic E-state index is 0.0780. The molecule has 2 aromatic rings. The molecule has 2 aromatic heterocycles. The molecule has 1 aliphatic rings. The number of ether oxygens (including phenoxy) is 1. The number of aryl methyl sites for hydroxylation is 2. The number of amides is 1. The largest absolute Gasteiger partial charge is 0.438 e. The monoisotopic (exact) mass is 304 g/mol. The van der Waals surface area contributed by atoms with Crippen molar-refractivity contribution in [2.75, 3.05) is 20.2 Å². The fourth-order valence-electron chi connectivity index (χ4n) is 2.76. The maximum absolute atomic E-state index is 12.2. The van der Waals surface area contributed by atoms with Gasteiger partial charge in [0.2, 0.25) is 5.76 Å². The van der Waals surface area contributed by atoms with Gasteiger partial charge in [-0.2, -0.15) is 0 Å². The number of aromatic nitrogens is 3. The molecule has 3 heterocycles. The number of oxazole rings is 1. The Morgan fingerprint density at radius 3 is 2.82 bits per heavy atom. The van der Waals surface area contributed by atoms with Crippen LogP contribution in [0.5, 0.6) is 0 Å². The minimum atomic E-state index is -0.0780. The van der Waals surface area contributed by atoms with Gasteiger partial charge in [0.25, 0.3) is 5.91 Å². The lowest BCUT2D eigenvalue weighted by atomic mass is 9.99. The molecule has 3 rings (SSSR count). The van der Waals surface area contributed by atoms with Gasteiger partial charge in [-0.05, 0) is 13.8 Å². The van der Waals surface area contributed by atoms with E-state index in [2.05, 4.69) is 14.5 Å². The van der Waals surface area contributed by atoms with Crippen LogP contribution in [0.25, 0.3) is 0 Å². The fraction of sp³-hybridized carbons (Fsp3) is 0.533. The van der Waals surface area contributed by atoms with Gasteiger partial charge >= 0.3 is 0 Å². The second-order valence-electron chi connectivity index (χ2n) is 5.70. The maximum atomic E-state index is 12.2. The highest BCUT2D eigenvalue weighted by molar-refractivity contribution is 5.92. The van der Waals surface area contributed by atoms with Gasteiger partial charge < -0.3 is 18.6 Å². The second kappa shape index (κ2) is 5.92. The summed E-state index contributed by atoms with van der Waals surface area (Å²) >= 11 is 0. The molecule has 0 radical (unpaired) electrons. The van der Waals surface area contributed by atoms with Crippen LogP contribution in [0, 0.1) is 19.8 Å². The van der Waals surface area contributed by atoms with Crippen LogP contribution < -0.4 is 0 Å². The number of hydrogen-bond acceptors (Lipinski definition) is 5. The maximum Gasteiger partial charge on any atom is 0.291 e. The Morgan fingerprint density at radius 2 is 2.18 bits per heavy atom. The van der Waals surface area contributed by atoms with Crippen molar-refractivity contribution in [1.29, 1.82) is 0 Å². The number of hydrogen-bond donors (Lipinski definition) is 0. The zero-order valence-electron chi connectivity index (χ0n) is 13.1. The number of likely N-dealkylation sites (tertiary alicyclic amines) is 1. The van der Waals surface area contributed by atoms with Crippen molar-refractivity contribution in [3.63, 3.8) is 0 Å². The quantitative estimate of drug-likeness (QED) is 0.835. The zero-order valence-corrected chi connectivity index (χ0v) is 13.1. The van der Waals surface area contributed by atoms with E-state index in [0.717, 1.165) is 31.2 Å². The van der Waals surface area contributed by atoms with E-state index in [1.165, 1.54) is 6.39 Å². The van der Waals surface area contributed by atoms with E-state index in [-0.39, 0.29) is 5.91 Å². The summed E-state index contributed by atoms with van der Waals surface area (Å²) in [6.45, 7) is 6.61. The summed E-state index contributed by atoms with van der Waals surface area (Å²) in [5.41, 5.74) is 1.75. The Morgan fingerprint density at radius 1 is 1.41 bits per heavy atom. The molecule has 1 saturated heterocycles. The van der Waals surface area contributed by atoms with Crippen LogP contribution in [0.3, 0.4) is 0 Å². The van der Waals surface area contributed by atoms with Crippen molar-refractivity contribution >= 4 is 5.91 Å². The van der Waals surface area contributed by atoms with Gasteiger partial charge in [-0.15, -0.1) is 0 Å². The summed E-state index contributed by atoms with van der Waals surface area (Å²) in [5, 5.41) is 0. The normalized spacial score (nSPS) is 15.1. The Balaban J connectivity index is 1.59. The third kappa shape index (κ3) is 2.64. The van der Waals surface area contributed by atoms with Gasteiger partial charge in [0.1, 0.15) is 12.4 Å². The van der Waals surface area contributed by atoms with Crippen molar-refractivity contribution in [2.45, 2.75) is 27.0 Å². The van der Waals surface area contributed by atoms with Gasteiger partial charge in [0.05, 0.1) is 5.69 Å². The van der Waals surface area contributed by atoms with Gasteiger partial charge in [-0.3, -0.25) is 4.79 Å². The summed E-state index contributed by atoms with van der Waals surface area (Å²) in [5.74, 6) is 1.62. The first-order valence-corrected chi connectivity index (χ1v) is 7.29. The van der Waals surface area contributed by atoms with E-state index in [1.807, 2.05) is 13.1 Å². The number of imidazole rings is 1. The highest BCUT2D eigenvalue weighted by atomic mass is 16.5. The number of carbonyl (C=O) groups is 1. The zero-order chi connectivity index (χ0) is 15.7. The first-order chi connectivity index (χ1) is 10.6. The number of rotatable bonds is 5. The molecule has 1 fully saturated rings. The smallest absolute Gasteiger partial charge is 0.291 e. The summed E-state index contributed by atoms with van der Waals surface area (Å²) in [6.07, 6.45) is 3.17. The van der Waals surface area contributed by atoms with Gasteiger partial charge in [-0.1, -0.05) is 0 Å². The molecule has 0 unspecified atom stereocenters. The average molecular weight is 304 g/mol. The molecule has 0 saturated carbocycles. The van der Waals surface area contributed by atoms with Gasteiger partial charge in [0, 0.05) is 44.6 Å². The molecular weight excluding hydrogens is 284 g/mol. The van der Waals surface area contributed by atoms with Crippen molar-refractivity contribution in [3.05, 3.63) is 35.6 Å². The first kappa shape index (κ1) is 14.8. The van der Waals surface area contributed by atoms with Crippen LogP contribution in [-0.2, 0) is 17.9 Å². The van der Waals surface area contributed by atoms with Crippen molar-refractivity contribution in [2.24, 2.45) is 5.92 Å². The number of nitrogens with zero attached hydrogens (tertiary/aromatic N) is 4.